The van der Waals surface area contributed by atoms with Crippen molar-refractivity contribution in [2.24, 2.45) is 0 Å². The van der Waals surface area contributed by atoms with Gasteiger partial charge in [0.25, 0.3) is 0 Å². The smallest absolute Gasteiger partial charge is 0.337 e. The lowest BCUT2D eigenvalue weighted by Crippen LogP contribution is -2.50. The average molecular weight is 332 g/mol. The number of rotatable bonds is 2. The number of esters is 1. The number of hydrogen-bond donors (Lipinski definition) is 1. The van der Waals surface area contributed by atoms with Crippen LogP contribution < -0.4 is 14.8 Å². The van der Waals surface area contributed by atoms with Gasteiger partial charge in [-0.05, 0) is 24.6 Å². The van der Waals surface area contributed by atoms with Crippen molar-refractivity contribution in [2.75, 3.05) is 13.9 Å². The highest BCUT2D eigenvalue weighted by Gasteiger charge is 2.40. The van der Waals surface area contributed by atoms with Gasteiger partial charge in [-0.1, -0.05) is 6.07 Å². The Bertz CT molecular complexity index is 770. The zero-order chi connectivity index (χ0) is 17.4. The van der Waals surface area contributed by atoms with E-state index in [4.69, 9.17) is 14.2 Å². The summed E-state index contributed by atoms with van der Waals surface area (Å²) in [5.74, 6) is -0.0666. The van der Waals surface area contributed by atoms with Gasteiger partial charge < -0.3 is 19.5 Å². The van der Waals surface area contributed by atoms with E-state index >= 15 is 0 Å². The van der Waals surface area contributed by atoms with Gasteiger partial charge in [-0.25, -0.2) is 9.59 Å². The van der Waals surface area contributed by atoms with E-state index in [9.17, 15) is 14.4 Å². The third-order valence-electron chi connectivity index (χ3n) is 3.91. The van der Waals surface area contributed by atoms with Crippen LogP contribution in [0.3, 0.4) is 0 Å². The molecule has 126 valence electrons. The second-order valence-corrected chi connectivity index (χ2v) is 5.36. The van der Waals surface area contributed by atoms with Crippen molar-refractivity contribution in [2.45, 2.75) is 19.9 Å². The predicted molar refractivity (Wildman–Crippen MR) is 81.1 cm³/mol. The van der Waals surface area contributed by atoms with Crippen LogP contribution in [0.2, 0.25) is 0 Å². The average Bonchev–Trinajstić information content (AvgIpc) is 3.00. The third kappa shape index (κ3) is 2.45. The number of amides is 3. The minimum atomic E-state index is -0.904. The zero-order valence-corrected chi connectivity index (χ0v) is 13.4. The molecule has 8 heteroatoms. The van der Waals surface area contributed by atoms with Gasteiger partial charge in [0.1, 0.15) is 6.04 Å². The molecular weight excluding hydrogens is 316 g/mol. The normalized spacial score (nSPS) is 19.2. The maximum atomic E-state index is 12.3. The molecule has 0 bridgehead atoms. The highest BCUT2D eigenvalue weighted by atomic mass is 16.7. The lowest BCUT2D eigenvalue weighted by molar-refractivity contribution is -0.137. The van der Waals surface area contributed by atoms with E-state index in [1.807, 2.05) is 0 Å². The molecule has 2 heterocycles. The molecule has 1 N–H and O–H groups in total. The Morgan fingerprint density at radius 3 is 2.67 bits per heavy atom. The molecule has 0 aliphatic carbocycles. The van der Waals surface area contributed by atoms with Crippen LogP contribution in [0.15, 0.2) is 29.5 Å². The number of hydrogen-bond acceptors (Lipinski definition) is 6. The van der Waals surface area contributed by atoms with Crippen LogP contribution in [0.4, 0.5) is 4.79 Å². The second kappa shape index (κ2) is 5.88. The number of benzene rings is 1. The molecule has 0 aromatic heterocycles. The summed E-state index contributed by atoms with van der Waals surface area (Å²) in [6.45, 7) is 2.94. The minimum Gasteiger partial charge on any atom is -0.466 e. The lowest BCUT2D eigenvalue weighted by atomic mass is 9.93. The van der Waals surface area contributed by atoms with Crippen LogP contribution in [0, 0.1) is 0 Å². The molecule has 24 heavy (non-hydrogen) atoms. The highest BCUT2D eigenvalue weighted by Crippen LogP contribution is 2.40. The maximum absolute atomic E-state index is 12.3. The van der Waals surface area contributed by atoms with Crippen LogP contribution in [0.25, 0.3) is 0 Å². The van der Waals surface area contributed by atoms with Gasteiger partial charge in [0, 0.05) is 12.6 Å². The molecular formula is C16H16N2O6. The SMILES string of the molecule is COC(=O)C1=C(C)NC(=O)N(C(C)=O)C1c1ccc2c(c1)OCO2. The summed E-state index contributed by atoms with van der Waals surface area (Å²) in [6, 6.07) is 3.50. The molecule has 0 saturated heterocycles. The first-order valence-corrected chi connectivity index (χ1v) is 7.23. The number of allylic oxidation sites excluding steroid dienone is 1. The van der Waals surface area contributed by atoms with Crippen molar-refractivity contribution in [1.82, 2.24) is 10.2 Å². The van der Waals surface area contributed by atoms with E-state index in [-0.39, 0.29) is 12.4 Å². The van der Waals surface area contributed by atoms with E-state index in [1.165, 1.54) is 14.0 Å². The Kier molecular flexibility index (Phi) is 3.88. The van der Waals surface area contributed by atoms with Gasteiger partial charge in [0.2, 0.25) is 12.7 Å². The molecule has 8 nitrogen and oxygen atoms in total. The molecule has 1 unspecified atom stereocenters. The van der Waals surface area contributed by atoms with Crippen LogP contribution in [-0.4, -0.2) is 36.7 Å². The topological polar surface area (TPSA) is 94.2 Å². The first-order valence-electron chi connectivity index (χ1n) is 7.23. The number of urea groups is 1. The molecule has 0 saturated carbocycles. The summed E-state index contributed by atoms with van der Waals surface area (Å²) in [4.78, 5) is 37.5. The molecule has 3 amide bonds. The molecule has 1 aromatic carbocycles. The number of carbonyl (C=O) groups excluding carboxylic acids is 3. The number of fused-ring (bicyclic) bond motifs is 1. The number of nitrogens with one attached hydrogen (secondary N) is 1. The summed E-state index contributed by atoms with van der Waals surface area (Å²) in [5, 5.41) is 2.52. The van der Waals surface area contributed by atoms with Gasteiger partial charge in [-0.15, -0.1) is 0 Å². The molecule has 0 radical (unpaired) electrons. The van der Waals surface area contributed by atoms with E-state index < -0.39 is 23.9 Å². The molecule has 1 aromatic rings. The fourth-order valence-electron chi connectivity index (χ4n) is 2.84. The Balaban J connectivity index is 2.16. The monoisotopic (exact) mass is 332 g/mol. The van der Waals surface area contributed by atoms with Crippen molar-refractivity contribution >= 4 is 17.9 Å². The van der Waals surface area contributed by atoms with Gasteiger partial charge in [0.15, 0.2) is 11.5 Å². The first-order chi connectivity index (χ1) is 11.4. The van der Waals surface area contributed by atoms with Crippen LogP contribution in [-0.2, 0) is 14.3 Å². The Morgan fingerprint density at radius 1 is 1.29 bits per heavy atom. The van der Waals surface area contributed by atoms with E-state index in [2.05, 4.69) is 5.32 Å². The lowest BCUT2D eigenvalue weighted by Gasteiger charge is -2.35. The summed E-state index contributed by atoms with van der Waals surface area (Å²) >= 11 is 0. The van der Waals surface area contributed by atoms with Gasteiger partial charge >= 0.3 is 12.0 Å². The molecule has 0 fully saturated rings. The first kappa shape index (κ1) is 15.9. The number of imide groups is 1. The van der Waals surface area contributed by atoms with Gasteiger partial charge in [0.05, 0.1) is 12.7 Å². The Hall–Kier alpha value is -3.03. The van der Waals surface area contributed by atoms with Crippen LogP contribution >= 0.6 is 0 Å². The molecule has 0 spiro atoms. The summed E-state index contributed by atoms with van der Waals surface area (Å²) in [7, 11) is 1.24. The summed E-state index contributed by atoms with van der Waals surface area (Å²) in [5.41, 5.74) is 1.07. The van der Waals surface area contributed by atoms with Crippen LogP contribution in [0.5, 0.6) is 11.5 Å². The molecule has 2 aliphatic rings. The fourth-order valence-corrected chi connectivity index (χ4v) is 2.84. The minimum absolute atomic E-state index is 0.0963. The third-order valence-corrected chi connectivity index (χ3v) is 3.91. The summed E-state index contributed by atoms with van der Waals surface area (Å²) in [6.07, 6.45) is 0. The maximum Gasteiger partial charge on any atom is 0.337 e. The van der Waals surface area contributed by atoms with Crippen molar-refractivity contribution < 1.29 is 28.6 Å². The van der Waals surface area contributed by atoms with Crippen molar-refractivity contribution in [3.8, 4) is 11.5 Å². The fraction of sp³-hybridized carbons (Fsp3) is 0.312. The Morgan fingerprint density at radius 2 is 2.00 bits per heavy atom. The largest absolute Gasteiger partial charge is 0.466 e. The van der Waals surface area contributed by atoms with Crippen molar-refractivity contribution in [3.05, 3.63) is 35.0 Å². The van der Waals surface area contributed by atoms with E-state index in [0.29, 0.717) is 22.8 Å². The zero-order valence-electron chi connectivity index (χ0n) is 13.4. The standard InChI is InChI=1S/C16H16N2O6/c1-8-13(15(20)22-3)14(18(9(2)19)16(21)17-8)10-4-5-11-12(6-10)24-7-23-11/h4-6,14H,7H2,1-3H3,(H,17,21). The van der Waals surface area contributed by atoms with E-state index in [0.717, 1.165) is 4.90 Å². The van der Waals surface area contributed by atoms with E-state index in [1.54, 1.807) is 25.1 Å². The van der Waals surface area contributed by atoms with Gasteiger partial charge in [-0.2, -0.15) is 0 Å². The number of nitrogens with zero attached hydrogens (tertiary/aromatic N) is 1. The molecule has 2 aliphatic heterocycles. The van der Waals surface area contributed by atoms with Crippen molar-refractivity contribution in [3.63, 3.8) is 0 Å². The summed E-state index contributed by atoms with van der Waals surface area (Å²) < 4.78 is 15.4. The number of ether oxygens (including phenoxy) is 3. The second-order valence-electron chi connectivity index (χ2n) is 5.36. The van der Waals surface area contributed by atoms with Crippen LogP contribution in [0.1, 0.15) is 25.5 Å². The molecule has 3 rings (SSSR count). The number of carbonyl (C=O) groups is 3. The molecule has 1 atom stereocenters. The quantitative estimate of drug-likeness (QED) is 0.824. The predicted octanol–water partition coefficient (Wildman–Crippen LogP) is 1.48. The van der Waals surface area contributed by atoms with Gasteiger partial charge in [-0.3, -0.25) is 9.69 Å². The Labute approximate surface area is 138 Å². The highest BCUT2D eigenvalue weighted by molar-refractivity contribution is 6.01. The number of methoxy groups -OCH3 is 1. The van der Waals surface area contributed by atoms with Crippen molar-refractivity contribution in [1.29, 1.82) is 0 Å².